The van der Waals surface area contributed by atoms with Gasteiger partial charge in [-0.15, -0.1) is 5.10 Å². The first-order chi connectivity index (χ1) is 17.6. The molecule has 0 spiro atoms. The molecule has 3 aromatic heterocycles. The third-order valence-electron chi connectivity index (χ3n) is 6.71. The summed E-state index contributed by atoms with van der Waals surface area (Å²) in [5, 5.41) is 7.75. The predicted octanol–water partition coefficient (Wildman–Crippen LogP) is 3.70. The molecule has 184 valence electrons. The van der Waals surface area contributed by atoms with Crippen LogP contribution >= 0.6 is 0 Å². The fourth-order valence-electron chi connectivity index (χ4n) is 4.55. The minimum atomic E-state index is -0.393. The van der Waals surface area contributed by atoms with Crippen LogP contribution in [0.15, 0.2) is 48.9 Å². The molecular formula is C26H27N7O3. The van der Waals surface area contributed by atoms with Gasteiger partial charge >= 0.3 is 0 Å². The van der Waals surface area contributed by atoms with E-state index in [0.717, 1.165) is 41.9 Å². The Kier molecular flexibility index (Phi) is 5.73. The second-order valence-electron chi connectivity index (χ2n) is 9.16. The first-order valence-corrected chi connectivity index (χ1v) is 12.1. The standard InChI is InChI=1S/C26H27N7O3/c1-16-14-32(15-27-16)21-10-9-20(29-26(21)35-2)23-30-24-22(36-12-11-33(24)31-23)18-7-4-8-19(13-18)28-25(34)17-5-3-6-17/h4,7-10,13-15,17,22H,3,5-6,11-12H2,1-2H3,(H,28,34)/t22-/m1/s1. The molecular weight excluding hydrogens is 458 g/mol. The number of imidazole rings is 1. The third kappa shape index (κ3) is 4.13. The summed E-state index contributed by atoms with van der Waals surface area (Å²) in [4.78, 5) is 26.2. The topological polar surface area (TPSA) is 109 Å². The molecule has 1 fully saturated rings. The van der Waals surface area contributed by atoms with Gasteiger partial charge in [0.15, 0.2) is 11.6 Å². The Labute approximate surface area is 208 Å². The van der Waals surface area contributed by atoms with Gasteiger partial charge in [0.05, 0.1) is 32.3 Å². The molecule has 1 aliphatic heterocycles. The van der Waals surface area contributed by atoms with Gasteiger partial charge in [0.25, 0.3) is 0 Å². The predicted molar refractivity (Wildman–Crippen MR) is 132 cm³/mol. The van der Waals surface area contributed by atoms with Crippen LogP contribution in [0.25, 0.3) is 17.2 Å². The minimum Gasteiger partial charge on any atom is -0.479 e. The monoisotopic (exact) mass is 485 g/mol. The largest absolute Gasteiger partial charge is 0.479 e. The Bertz CT molecular complexity index is 1420. The Hall–Kier alpha value is -4.05. The van der Waals surface area contributed by atoms with Gasteiger partial charge in [0.1, 0.15) is 17.5 Å². The van der Waals surface area contributed by atoms with E-state index in [2.05, 4.69) is 15.3 Å². The van der Waals surface area contributed by atoms with Crippen LogP contribution < -0.4 is 10.1 Å². The highest BCUT2D eigenvalue weighted by Gasteiger charge is 2.29. The lowest BCUT2D eigenvalue weighted by Crippen LogP contribution is -2.28. The van der Waals surface area contributed by atoms with Crippen molar-refractivity contribution < 1.29 is 14.3 Å². The number of amides is 1. The Morgan fingerprint density at radius 2 is 2.08 bits per heavy atom. The van der Waals surface area contributed by atoms with Crippen molar-refractivity contribution in [2.45, 2.75) is 38.8 Å². The van der Waals surface area contributed by atoms with E-state index in [1.54, 1.807) is 13.4 Å². The van der Waals surface area contributed by atoms with Crippen molar-refractivity contribution in [1.29, 1.82) is 0 Å². The molecule has 1 N–H and O–H groups in total. The van der Waals surface area contributed by atoms with Gasteiger partial charge in [-0.25, -0.2) is 19.6 Å². The molecule has 1 atom stereocenters. The molecule has 10 heteroatoms. The number of aryl methyl sites for hydroxylation is 1. The number of benzene rings is 1. The number of methoxy groups -OCH3 is 1. The normalized spacial score (nSPS) is 17.3. The van der Waals surface area contributed by atoms with Gasteiger partial charge in [-0.3, -0.25) is 4.79 Å². The molecule has 10 nitrogen and oxygen atoms in total. The van der Waals surface area contributed by atoms with Crippen LogP contribution in [0.4, 0.5) is 5.69 Å². The second kappa shape index (κ2) is 9.19. The third-order valence-corrected chi connectivity index (χ3v) is 6.71. The molecule has 4 heterocycles. The first kappa shape index (κ1) is 22.4. The summed E-state index contributed by atoms with van der Waals surface area (Å²) < 4.78 is 15.4. The average molecular weight is 486 g/mol. The zero-order valence-electron chi connectivity index (χ0n) is 20.2. The van der Waals surface area contributed by atoms with Gasteiger partial charge in [-0.2, -0.15) is 0 Å². The van der Waals surface area contributed by atoms with Crippen LogP contribution in [-0.4, -0.2) is 48.9 Å². The smallest absolute Gasteiger partial charge is 0.238 e. The van der Waals surface area contributed by atoms with Crippen LogP contribution in [0.2, 0.25) is 0 Å². The van der Waals surface area contributed by atoms with Gasteiger partial charge in [0, 0.05) is 17.8 Å². The van der Waals surface area contributed by atoms with E-state index in [1.807, 2.05) is 58.8 Å². The molecule has 2 aliphatic rings. The maximum absolute atomic E-state index is 12.4. The van der Waals surface area contributed by atoms with E-state index >= 15 is 0 Å². The van der Waals surface area contributed by atoms with E-state index < -0.39 is 6.10 Å². The van der Waals surface area contributed by atoms with Crippen LogP contribution in [0.3, 0.4) is 0 Å². The van der Waals surface area contributed by atoms with Crippen molar-refractivity contribution in [3.8, 4) is 23.1 Å². The Morgan fingerprint density at radius 1 is 1.19 bits per heavy atom. The fraction of sp³-hybridized carbons (Fsp3) is 0.346. The summed E-state index contributed by atoms with van der Waals surface area (Å²) in [6.45, 7) is 3.04. The molecule has 0 bridgehead atoms. The SMILES string of the molecule is COc1nc(-c2nc3n(n2)CCO[C@@H]3c2cccc(NC(=O)C3CCC3)c2)ccc1-n1cnc(C)c1. The van der Waals surface area contributed by atoms with Crippen LogP contribution in [0, 0.1) is 12.8 Å². The van der Waals surface area contributed by atoms with E-state index in [4.69, 9.17) is 19.6 Å². The quantitative estimate of drug-likeness (QED) is 0.443. The summed E-state index contributed by atoms with van der Waals surface area (Å²) >= 11 is 0. The molecule has 0 radical (unpaired) electrons. The van der Waals surface area contributed by atoms with Crippen molar-refractivity contribution in [2.75, 3.05) is 19.0 Å². The molecule has 4 aromatic rings. The van der Waals surface area contributed by atoms with Gasteiger partial charge in [-0.05, 0) is 49.6 Å². The zero-order chi connectivity index (χ0) is 24.6. The van der Waals surface area contributed by atoms with E-state index in [0.29, 0.717) is 36.4 Å². The van der Waals surface area contributed by atoms with Gasteiger partial charge in [-0.1, -0.05) is 18.6 Å². The summed E-state index contributed by atoms with van der Waals surface area (Å²) in [5.74, 6) is 1.87. The van der Waals surface area contributed by atoms with E-state index in [-0.39, 0.29) is 11.8 Å². The van der Waals surface area contributed by atoms with Crippen LogP contribution in [-0.2, 0) is 16.1 Å². The number of anilines is 1. The van der Waals surface area contributed by atoms with Crippen molar-refractivity contribution >= 4 is 11.6 Å². The molecule has 1 aromatic carbocycles. The van der Waals surface area contributed by atoms with Crippen LogP contribution in [0.5, 0.6) is 5.88 Å². The lowest BCUT2D eigenvalue weighted by Gasteiger charge is -2.25. The lowest BCUT2D eigenvalue weighted by molar-refractivity contribution is -0.122. The van der Waals surface area contributed by atoms with Crippen molar-refractivity contribution in [2.24, 2.45) is 5.92 Å². The molecule has 6 rings (SSSR count). The summed E-state index contributed by atoms with van der Waals surface area (Å²) in [6.07, 6.45) is 6.30. The number of aromatic nitrogens is 6. The highest BCUT2D eigenvalue weighted by Crippen LogP contribution is 2.33. The number of rotatable bonds is 6. The number of fused-ring (bicyclic) bond motifs is 1. The van der Waals surface area contributed by atoms with Gasteiger partial charge < -0.3 is 19.4 Å². The highest BCUT2D eigenvalue weighted by molar-refractivity contribution is 5.93. The molecule has 1 amide bonds. The second-order valence-corrected chi connectivity index (χ2v) is 9.16. The molecule has 0 saturated heterocycles. The maximum Gasteiger partial charge on any atom is 0.238 e. The number of carbonyl (C=O) groups excluding carboxylic acids is 1. The maximum atomic E-state index is 12.4. The molecule has 1 aliphatic carbocycles. The van der Waals surface area contributed by atoms with Crippen molar-refractivity contribution in [3.05, 3.63) is 66.0 Å². The number of pyridine rings is 1. The first-order valence-electron chi connectivity index (χ1n) is 12.1. The molecule has 36 heavy (non-hydrogen) atoms. The van der Waals surface area contributed by atoms with Crippen molar-refractivity contribution in [3.63, 3.8) is 0 Å². The zero-order valence-corrected chi connectivity index (χ0v) is 20.2. The van der Waals surface area contributed by atoms with E-state index in [9.17, 15) is 4.79 Å². The van der Waals surface area contributed by atoms with Crippen LogP contribution in [0.1, 0.15) is 42.4 Å². The number of carbonyl (C=O) groups is 1. The van der Waals surface area contributed by atoms with Gasteiger partial charge in [0.2, 0.25) is 11.8 Å². The summed E-state index contributed by atoms with van der Waals surface area (Å²) in [5.41, 5.74) is 3.98. The molecule has 0 unspecified atom stereocenters. The summed E-state index contributed by atoms with van der Waals surface area (Å²) in [7, 11) is 1.59. The highest BCUT2D eigenvalue weighted by atomic mass is 16.5. The minimum absolute atomic E-state index is 0.0859. The number of nitrogens with one attached hydrogen (secondary N) is 1. The number of nitrogens with zero attached hydrogens (tertiary/aromatic N) is 6. The number of hydrogen-bond donors (Lipinski definition) is 1. The Morgan fingerprint density at radius 3 is 2.83 bits per heavy atom. The number of ether oxygens (including phenoxy) is 2. The fourth-order valence-corrected chi connectivity index (χ4v) is 4.55. The Balaban J connectivity index is 1.29. The summed E-state index contributed by atoms with van der Waals surface area (Å²) in [6, 6.07) is 11.6. The average Bonchev–Trinajstić information content (AvgIpc) is 3.49. The van der Waals surface area contributed by atoms with E-state index in [1.165, 1.54) is 0 Å². The lowest BCUT2D eigenvalue weighted by atomic mass is 9.85. The van der Waals surface area contributed by atoms with Crippen molar-refractivity contribution in [1.82, 2.24) is 29.3 Å². The number of hydrogen-bond acceptors (Lipinski definition) is 7. The molecule has 1 saturated carbocycles.